The Morgan fingerprint density at radius 3 is 2.54 bits per heavy atom. The van der Waals surface area contributed by atoms with E-state index < -0.39 is 0 Å². The highest BCUT2D eigenvalue weighted by molar-refractivity contribution is 7.99. The summed E-state index contributed by atoms with van der Waals surface area (Å²) in [7, 11) is 4.20. The average molecular weight is 548 g/mol. The highest BCUT2D eigenvalue weighted by Crippen LogP contribution is 2.31. The van der Waals surface area contributed by atoms with Gasteiger partial charge in [-0.2, -0.15) is 11.8 Å². The molecular weight excluding hydrogens is 509 g/mol. The van der Waals surface area contributed by atoms with Gasteiger partial charge >= 0.3 is 0 Å². The van der Waals surface area contributed by atoms with E-state index in [4.69, 9.17) is 4.74 Å². The number of likely N-dealkylation sites (N-methyl/N-ethyl adjacent to an activating group) is 1. The molecule has 0 saturated carbocycles. The van der Waals surface area contributed by atoms with Gasteiger partial charge in [-0.3, -0.25) is 9.69 Å². The minimum atomic E-state index is -0.216. The predicted molar refractivity (Wildman–Crippen MR) is 158 cm³/mol. The minimum absolute atomic E-state index is 0.0324. The van der Waals surface area contributed by atoms with Gasteiger partial charge in [0.05, 0.1) is 0 Å². The topological polar surface area (TPSA) is 44.8 Å². The van der Waals surface area contributed by atoms with E-state index in [2.05, 4.69) is 53.5 Å². The molecule has 39 heavy (non-hydrogen) atoms. The Morgan fingerprint density at radius 1 is 1.05 bits per heavy atom. The molecule has 0 bridgehead atoms. The fraction of sp³-hybridized carbons (Fsp3) is 0.406. The average Bonchev–Trinajstić information content (AvgIpc) is 3.44. The number of piperidine rings is 1. The van der Waals surface area contributed by atoms with Gasteiger partial charge in [-0.15, -0.1) is 0 Å². The fourth-order valence-electron chi connectivity index (χ4n) is 5.43. The van der Waals surface area contributed by atoms with E-state index in [1.165, 1.54) is 17.7 Å². The fourth-order valence-corrected chi connectivity index (χ4v) is 6.98. The quantitative estimate of drug-likeness (QED) is 0.372. The number of hydrogen-bond donors (Lipinski definition) is 1. The lowest BCUT2D eigenvalue weighted by Crippen LogP contribution is -2.53. The van der Waals surface area contributed by atoms with Crippen molar-refractivity contribution in [2.75, 3.05) is 45.2 Å². The van der Waals surface area contributed by atoms with Crippen LogP contribution in [0.1, 0.15) is 35.2 Å². The van der Waals surface area contributed by atoms with E-state index in [0.717, 1.165) is 67.3 Å². The third-order valence-electron chi connectivity index (χ3n) is 8.05. The molecule has 0 radical (unpaired) electrons. The molecule has 0 aliphatic carbocycles. The second-order valence-corrected chi connectivity index (χ2v) is 12.0. The van der Waals surface area contributed by atoms with Gasteiger partial charge in [0.1, 0.15) is 17.7 Å². The van der Waals surface area contributed by atoms with Gasteiger partial charge in [-0.1, -0.05) is 36.4 Å². The summed E-state index contributed by atoms with van der Waals surface area (Å²) in [5.74, 6) is 2.68. The number of nitrogens with zero attached hydrogens (tertiary/aromatic N) is 2. The smallest absolute Gasteiger partial charge is 0.251 e. The van der Waals surface area contributed by atoms with Crippen LogP contribution in [-0.2, 0) is 6.54 Å². The van der Waals surface area contributed by atoms with Crippen LogP contribution in [0.15, 0.2) is 72.8 Å². The second kappa shape index (κ2) is 12.5. The van der Waals surface area contributed by atoms with Gasteiger partial charge in [-0.25, -0.2) is 4.39 Å². The number of hydrogen-bond acceptors (Lipinski definition) is 5. The van der Waals surface area contributed by atoms with Crippen LogP contribution < -0.4 is 10.1 Å². The van der Waals surface area contributed by atoms with E-state index in [1.807, 2.05) is 48.2 Å². The van der Waals surface area contributed by atoms with Gasteiger partial charge in [0, 0.05) is 43.0 Å². The Bertz CT molecular complexity index is 1250. The molecule has 5 rings (SSSR count). The van der Waals surface area contributed by atoms with Crippen LogP contribution in [0.4, 0.5) is 4.39 Å². The molecule has 2 aliphatic heterocycles. The molecule has 1 atom stereocenters. The van der Waals surface area contributed by atoms with Crippen molar-refractivity contribution in [1.29, 1.82) is 0 Å². The first-order valence-corrected chi connectivity index (χ1v) is 14.9. The number of halogens is 1. The second-order valence-electron chi connectivity index (χ2n) is 10.9. The molecule has 2 heterocycles. The molecule has 1 N–H and O–H groups in total. The maximum atomic E-state index is 13.3. The molecule has 2 saturated heterocycles. The highest BCUT2D eigenvalue weighted by atomic mass is 32.2. The molecule has 2 aliphatic rings. The summed E-state index contributed by atoms with van der Waals surface area (Å²) < 4.78 is 19.6. The third kappa shape index (κ3) is 7.02. The highest BCUT2D eigenvalue weighted by Gasteiger charge is 2.36. The number of carbonyl (C=O) groups is 1. The molecule has 0 spiro atoms. The maximum absolute atomic E-state index is 13.3. The van der Waals surface area contributed by atoms with E-state index in [1.54, 1.807) is 0 Å². The largest absolute Gasteiger partial charge is 0.490 e. The molecule has 3 aromatic rings. The molecule has 1 amide bonds. The summed E-state index contributed by atoms with van der Waals surface area (Å²) in [6.45, 7) is 3.44. The standard InChI is InChI=1S/C32H38FN3O2S/c1-35(2)32(15-18-39-23-32)22-34-31(37)27-7-4-8-30(20-27)38-29-13-16-36(17-14-29)21-24-5-3-6-26(19-24)25-9-11-28(33)12-10-25/h3-12,19-20,29H,13-18,21-23H2,1-2H3,(H,34,37). The van der Waals surface area contributed by atoms with Crippen LogP contribution in [0.3, 0.4) is 0 Å². The van der Waals surface area contributed by atoms with E-state index in [-0.39, 0.29) is 23.4 Å². The molecule has 7 heteroatoms. The maximum Gasteiger partial charge on any atom is 0.251 e. The van der Waals surface area contributed by atoms with E-state index >= 15 is 0 Å². The van der Waals surface area contributed by atoms with Crippen molar-refractivity contribution >= 4 is 17.7 Å². The summed E-state index contributed by atoms with van der Waals surface area (Å²) in [4.78, 5) is 17.6. The van der Waals surface area contributed by atoms with Crippen molar-refractivity contribution in [2.45, 2.75) is 37.5 Å². The van der Waals surface area contributed by atoms with Gasteiger partial charge in [0.2, 0.25) is 0 Å². The van der Waals surface area contributed by atoms with Crippen molar-refractivity contribution in [3.63, 3.8) is 0 Å². The van der Waals surface area contributed by atoms with Crippen LogP contribution in [-0.4, -0.2) is 72.6 Å². The molecule has 2 fully saturated rings. The summed E-state index contributed by atoms with van der Waals surface area (Å²) in [6, 6.07) is 22.7. The first kappa shape index (κ1) is 27.7. The lowest BCUT2D eigenvalue weighted by Gasteiger charge is -2.35. The van der Waals surface area contributed by atoms with Gasteiger partial charge < -0.3 is 15.0 Å². The van der Waals surface area contributed by atoms with Crippen molar-refractivity contribution in [2.24, 2.45) is 0 Å². The van der Waals surface area contributed by atoms with Crippen LogP contribution in [0, 0.1) is 5.82 Å². The Labute approximate surface area is 235 Å². The van der Waals surface area contributed by atoms with Crippen LogP contribution in [0.5, 0.6) is 5.75 Å². The molecule has 1 unspecified atom stereocenters. The SMILES string of the molecule is CN(C)C1(CNC(=O)c2cccc(OC3CCN(Cc4cccc(-c5ccc(F)cc5)c4)CC3)c2)CCSC1. The Hall–Kier alpha value is -2.87. The monoisotopic (exact) mass is 547 g/mol. The van der Waals surface area contributed by atoms with Gasteiger partial charge in [0.15, 0.2) is 0 Å². The zero-order chi connectivity index (χ0) is 27.2. The molecule has 206 valence electrons. The van der Waals surface area contributed by atoms with Crippen LogP contribution in [0.25, 0.3) is 11.1 Å². The summed E-state index contributed by atoms with van der Waals surface area (Å²) in [5.41, 5.74) is 4.06. The molecule has 0 aromatic heterocycles. The molecule has 3 aromatic carbocycles. The molecule has 5 nitrogen and oxygen atoms in total. The first-order valence-electron chi connectivity index (χ1n) is 13.8. The molecular formula is C32H38FN3O2S. The summed E-state index contributed by atoms with van der Waals surface area (Å²) in [6.07, 6.45) is 3.11. The normalized spacial score (nSPS) is 20.3. The minimum Gasteiger partial charge on any atom is -0.490 e. The van der Waals surface area contributed by atoms with E-state index in [0.29, 0.717) is 12.1 Å². The van der Waals surface area contributed by atoms with Crippen molar-refractivity contribution in [3.8, 4) is 16.9 Å². The van der Waals surface area contributed by atoms with Crippen LogP contribution >= 0.6 is 11.8 Å². The van der Waals surface area contributed by atoms with Crippen LogP contribution in [0.2, 0.25) is 0 Å². The number of rotatable bonds is 9. The number of amides is 1. The summed E-state index contributed by atoms with van der Waals surface area (Å²) in [5, 5.41) is 3.17. The lowest BCUT2D eigenvalue weighted by molar-refractivity contribution is 0.0905. The van der Waals surface area contributed by atoms with Crippen molar-refractivity contribution in [1.82, 2.24) is 15.1 Å². The third-order valence-corrected chi connectivity index (χ3v) is 9.29. The van der Waals surface area contributed by atoms with E-state index in [9.17, 15) is 9.18 Å². The zero-order valence-corrected chi connectivity index (χ0v) is 23.7. The number of thioether (sulfide) groups is 1. The first-order chi connectivity index (χ1) is 18.9. The number of ether oxygens (including phenoxy) is 1. The summed E-state index contributed by atoms with van der Waals surface area (Å²) >= 11 is 1.95. The van der Waals surface area contributed by atoms with Crippen molar-refractivity contribution in [3.05, 3.63) is 89.7 Å². The Morgan fingerprint density at radius 2 is 1.82 bits per heavy atom. The number of carbonyl (C=O) groups excluding carboxylic acids is 1. The van der Waals surface area contributed by atoms with Crippen molar-refractivity contribution < 1.29 is 13.9 Å². The Balaban J connectivity index is 1.11. The van der Waals surface area contributed by atoms with Gasteiger partial charge in [0.25, 0.3) is 5.91 Å². The predicted octanol–water partition coefficient (Wildman–Crippen LogP) is 5.70. The Kier molecular flexibility index (Phi) is 8.90. The number of nitrogens with one attached hydrogen (secondary N) is 1. The zero-order valence-electron chi connectivity index (χ0n) is 22.9. The number of likely N-dealkylation sites (tertiary alicyclic amines) is 1. The van der Waals surface area contributed by atoms with Gasteiger partial charge in [-0.05, 0) is 92.2 Å². The lowest BCUT2D eigenvalue weighted by atomic mass is 9.97. The number of benzene rings is 3.